The van der Waals surface area contributed by atoms with Crippen molar-refractivity contribution >= 4 is 23.1 Å². The topological polar surface area (TPSA) is 61.5 Å². The van der Waals surface area contributed by atoms with Crippen LogP contribution in [-0.2, 0) is 6.42 Å². The summed E-state index contributed by atoms with van der Waals surface area (Å²) >= 11 is 1.57. The van der Waals surface area contributed by atoms with E-state index in [9.17, 15) is 5.11 Å². The van der Waals surface area contributed by atoms with Crippen LogP contribution < -0.4 is 11.1 Å². The van der Waals surface area contributed by atoms with E-state index in [1.54, 1.807) is 17.8 Å². The molecule has 122 valence electrons. The average Bonchev–Trinajstić information content (AvgIpc) is 2.52. The van der Waals surface area contributed by atoms with E-state index in [2.05, 4.69) is 36.4 Å². The molecule has 0 saturated heterocycles. The van der Waals surface area contributed by atoms with Crippen molar-refractivity contribution in [2.24, 2.45) is 0 Å². The van der Waals surface area contributed by atoms with Gasteiger partial charge in [0.05, 0.1) is 4.90 Å². The maximum atomic E-state index is 10.1. The van der Waals surface area contributed by atoms with Gasteiger partial charge in [-0.2, -0.15) is 0 Å². The molecule has 3 rings (SSSR count). The van der Waals surface area contributed by atoms with Crippen LogP contribution in [0.25, 0.3) is 0 Å². The Labute approximate surface area is 141 Å². The first kappa shape index (κ1) is 16.0. The highest BCUT2D eigenvalue weighted by Crippen LogP contribution is 2.48. The Balaban J connectivity index is 1.83. The van der Waals surface area contributed by atoms with E-state index in [0.717, 1.165) is 52.7 Å². The monoisotopic (exact) mass is 329 g/mol. The van der Waals surface area contributed by atoms with E-state index in [0.29, 0.717) is 5.75 Å². The first-order chi connectivity index (χ1) is 11.1. The highest BCUT2D eigenvalue weighted by molar-refractivity contribution is 7.99. The molecule has 0 atom stereocenters. The molecule has 2 aromatic rings. The fourth-order valence-corrected chi connectivity index (χ4v) is 3.99. The molecule has 4 N–H and O–H groups in total. The summed E-state index contributed by atoms with van der Waals surface area (Å²) in [6.45, 7) is 2.00. The Bertz CT molecular complexity index is 716. The highest BCUT2D eigenvalue weighted by atomic mass is 32.2. The Morgan fingerprint density at radius 2 is 2.04 bits per heavy atom. The Kier molecular flexibility index (Phi) is 4.68. The van der Waals surface area contributed by atoms with Crippen molar-refractivity contribution in [1.29, 1.82) is 0 Å². The second-order valence-corrected chi connectivity index (χ2v) is 7.16. The normalized spacial score (nSPS) is 12.8. The zero-order valence-electron chi connectivity index (χ0n) is 13.6. The van der Waals surface area contributed by atoms with Gasteiger partial charge in [-0.3, -0.25) is 0 Å². The van der Waals surface area contributed by atoms with E-state index in [1.165, 1.54) is 5.56 Å². The molecule has 0 aliphatic carbocycles. The molecule has 0 spiro atoms. The number of hydrogen-bond acceptors (Lipinski definition) is 5. The van der Waals surface area contributed by atoms with E-state index < -0.39 is 0 Å². The summed E-state index contributed by atoms with van der Waals surface area (Å²) in [6.07, 6.45) is 1.89. The fourth-order valence-electron chi connectivity index (χ4n) is 2.85. The first-order valence-corrected chi connectivity index (χ1v) is 8.66. The van der Waals surface area contributed by atoms with Crippen molar-refractivity contribution in [3.8, 4) is 5.75 Å². The lowest BCUT2D eigenvalue weighted by molar-refractivity contribution is 0.405. The molecule has 0 amide bonds. The number of benzene rings is 2. The number of phenolic OH excluding ortho intramolecular Hbond substituents is 1. The zero-order valence-corrected chi connectivity index (χ0v) is 14.4. The molecule has 5 heteroatoms. The van der Waals surface area contributed by atoms with Gasteiger partial charge in [0.25, 0.3) is 0 Å². The third-order valence-electron chi connectivity index (χ3n) is 4.04. The lowest BCUT2D eigenvalue weighted by Gasteiger charge is -2.24. The van der Waals surface area contributed by atoms with Crippen molar-refractivity contribution in [2.45, 2.75) is 22.6 Å². The highest BCUT2D eigenvalue weighted by Gasteiger charge is 2.23. The van der Waals surface area contributed by atoms with Crippen LogP contribution in [0, 0.1) is 0 Å². The number of nitrogens with zero attached hydrogens (tertiary/aromatic N) is 1. The van der Waals surface area contributed by atoms with E-state index in [4.69, 9.17) is 5.73 Å². The van der Waals surface area contributed by atoms with Crippen molar-refractivity contribution in [3.05, 3.63) is 41.5 Å². The minimum atomic E-state index is 0.335. The summed E-state index contributed by atoms with van der Waals surface area (Å²) in [4.78, 5) is 4.18. The quantitative estimate of drug-likeness (QED) is 0.495. The minimum Gasteiger partial charge on any atom is -0.507 e. The number of phenols is 1. The Morgan fingerprint density at radius 1 is 1.22 bits per heavy atom. The molecule has 0 unspecified atom stereocenters. The molecule has 2 aromatic carbocycles. The summed E-state index contributed by atoms with van der Waals surface area (Å²) in [7, 11) is 4.18. The van der Waals surface area contributed by atoms with Crippen LogP contribution >= 0.6 is 11.8 Å². The number of nitrogens with one attached hydrogen (secondary N) is 1. The molecule has 0 bridgehead atoms. The summed E-state index contributed by atoms with van der Waals surface area (Å²) in [5.74, 6) is 0.335. The number of aromatic hydroxyl groups is 1. The lowest BCUT2D eigenvalue weighted by Crippen LogP contribution is -2.17. The minimum absolute atomic E-state index is 0.335. The smallest absolute Gasteiger partial charge is 0.129 e. The maximum absolute atomic E-state index is 10.1. The molecular weight excluding hydrogens is 306 g/mol. The van der Waals surface area contributed by atoms with Crippen LogP contribution in [-0.4, -0.2) is 37.2 Å². The summed E-state index contributed by atoms with van der Waals surface area (Å²) in [5.41, 5.74) is 10.5. The number of nitrogens with two attached hydrogens (primary N) is 1. The average molecular weight is 329 g/mol. The van der Waals surface area contributed by atoms with Gasteiger partial charge in [0, 0.05) is 29.2 Å². The predicted molar refractivity (Wildman–Crippen MR) is 97.6 cm³/mol. The summed E-state index contributed by atoms with van der Waals surface area (Å²) < 4.78 is 0. The van der Waals surface area contributed by atoms with Gasteiger partial charge in [0.1, 0.15) is 5.75 Å². The van der Waals surface area contributed by atoms with Crippen molar-refractivity contribution in [2.75, 3.05) is 38.2 Å². The molecular formula is C18H23N3OS. The number of hydrogen-bond donors (Lipinski definition) is 3. The van der Waals surface area contributed by atoms with Crippen molar-refractivity contribution in [3.63, 3.8) is 0 Å². The van der Waals surface area contributed by atoms with Crippen LogP contribution in [0.3, 0.4) is 0 Å². The number of nitrogen functional groups attached to an aromatic ring is 1. The molecule has 0 aromatic heterocycles. The number of fused-ring (bicyclic) bond motifs is 2. The zero-order chi connectivity index (χ0) is 16.4. The molecule has 0 saturated carbocycles. The van der Waals surface area contributed by atoms with Crippen molar-refractivity contribution < 1.29 is 5.11 Å². The van der Waals surface area contributed by atoms with Gasteiger partial charge in [-0.05, 0) is 56.4 Å². The number of rotatable bonds is 5. The van der Waals surface area contributed by atoms with E-state index in [1.807, 2.05) is 12.1 Å². The predicted octanol–water partition coefficient (Wildman–Crippen LogP) is 3.39. The molecule has 0 fully saturated rings. The Morgan fingerprint density at radius 3 is 2.83 bits per heavy atom. The van der Waals surface area contributed by atoms with E-state index in [-0.39, 0.29) is 0 Å². The van der Waals surface area contributed by atoms with Gasteiger partial charge < -0.3 is 21.1 Å². The van der Waals surface area contributed by atoms with Crippen LogP contribution in [0.4, 0.5) is 11.4 Å². The standard InChI is InChI=1S/C18H23N3OS/c1-21(2)10-4-9-20-15-8-7-14(19)18-13(15)11-12-5-3-6-16(22)17(12)23-18/h3,5-8,20,22H,4,9-11,19H2,1-2H3. The van der Waals surface area contributed by atoms with Crippen LogP contribution in [0.15, 0.2) is 40.1 Å². The van der Waals surface area contributed by atoms with Crippen LogP contribution in [0.5, 0.6) is 5.75 Å². The largest absolute Gasteiger partial charge is 0.507 e. The SMILES string of the molecule is CN(C)CCCNc1ccc(N)c2c1Cc1cccc(O)c1S2. The second kappa shape index (κ2) is 6.72. The number of anilines is 2. The Hall–Kier alpha value is -1.85. The molecule has 1 aliphatic heterocycles. The summed E-state index contributed by atoms with van der Waals surface area (Å²) in [6, 6.07) is 9.72. The molecule has 0 radical (unpaired) electrons. The van der Waals surface area contributed by atoms with Gasteiger partial charge >= 0.3 is 0 Å². The van der Waals surface area contributed by atoms with Crippen molar-refractivity contribution in [1.82, 2.24) is 4.90 Å². The third-order valence-corrected chi connectivity index (χ3v) is 5.40. The maximum Gasteiger partial charge on any atom is 0.129 e. The fraction of sp³-hybridized carbons (Fsp3) is 0.333. The van der Waals surface area contributed by atoms with Gasteiger partial charge in [-0.25, -0.2) is 0 Å². The van der Waals surface area contributed by atoms with Crippen LogP contribution in [0.2, 0.25) is 0 Å². The summed E-state index contributed by atoms with van der Waals surface area (Å²) in [5, 5.41) is 13.6. The molecule has 1 heterocycles. The third kappa shape index (κ3) is 3.41. The first-order valence-electron chi connectivity index (χ1n) is 7.85. The van der Waals surface area contributed by atoms with Crippen LogP contribution in [0.1, 0.15) is 17.5 Å². The van der Waals surface area contributed by atoms with Gasteiger partial charge in [0.15, 0.2) is 0 Å². The van der Waals surface area contributed by atoms with E-state index >= 15 is 0 Å². The second-order valence-electron chi connectivity index (χ2n) is 6.14. The lowest BCUT2D eigenvalue weighted by atomic mass is 10.0. The molecule has 4 nitrogen and oxygen atoms in total. The van der Waals surface area contributed by atoms with Gasteiger partial charge in [-0.1, -0.05) is 23.9 Å². The molecule has 1 aliphatic rings. The van der Waals surface area contributed by atoms with Gasteiger partial charge in [-0.15, -0.1) is 0 Å². The van der Waals surface area contributed by atoms with Gasteiger partial charge in [0.2, 0.25) is 0 Å². The molecule has 23 heavy (non-hydrogen) atoms.